The number of rotatable bonds is 8. The predicted molar refractivity (Wildman–Crippen MR) is 77.3 cm³/mol. The van der Waals surface area contributed by atoms with E-state index < -0.39 is 0 Å². The van der Waals surface area contributed by atoms with E-state index in [1.54, 1.807) is 19.1 Å². The molecule has 5 nitrogen and oxygen atoms in total. The topological polar surface area (TPSA) is 66.9 Å². The first-order valence-corrected chi connectivity index (χ1v) is 6.66. The van der Waals surface area contributed by atoms with Gasteiger partial charge in [-0.3, -0.25) is 4.79 Å². The van der Waals surface area contributed by atoms with Crippen molar-refractivity contribution in [2.75, 3.05) is 18.4 Å². The van der Waals surface area contributed by atoms with Gasteiger partial charge in [-0.15, -0.1) is 6.58 Å². The van der Waals surface area contributed by atoms with Gasteiger partial charge in [-0.2, -0.15) is 0 Å². The van der Waals surface area contributed by atoms with E-state index in [1.165, 1.54) is 0 Å². The van der Waals surface area contributed by atoms with Crippen LogP contribution in [-0.2, 0) is 0 Å². The molecule has 1 aromatic heterocycles. The van der Waals surface area contributed by atoms with Crippen molar-refractivity contribution in [3.63, 3.8) is 0 Å². The van der Waals surface area contributed by atoms with E-state index in [0.29, 0.717) is 30.4 Å². The van der Waals surface area contributed by atoms with Gasteiger partial charge in [0, 0.05) is 19.2 Å². The zero-order valence-electron chi connectivity index (χ0n) is 11.7. The van der Waals surface area contributed by atoms with Crippen LogP contribution < -0.4 is 10.6 Å². The van der Waals surface area contributed by atoms with Gasteiger partial charge in [0.15, 0.2) is 0 Å². The number of unbranched alkanes of at least 4 members (excludes halogenated alkanes) is 2. The number of nitrogens with zero attached hydrogens (tertiary/aromatic N) is 2. The molecule has 0 bridgehead atoms. The van der Waals surface area contributed by atoms with Crippen molar-refractivity contribution in [1.82, 2.24) is 15.3 Å². The Balaban J connectivity index is 2.62. The number of nitrogens with one attached hydrogen (secondary N) is 2. The zero-order valence-corrected chi connectivity index (χ0v) is 11.7. The maximum atomic E-state index is 11.9. The highest BCUT2D eigenvalue weighted by molar-refractivity contribution is 5.92. The molecule has 0 aliphatic carbocycles. The maximum absolute atomic E-state index is 11.9. The van der Waals surface area contributed by atoms with Crippen molar-refractivity contribution in [2.45, 2.75) is 33.1 Å². The number of hydrogen-bond acceptors (Lipinski definition) is 4. The molecule has 0 saturated carbocycles. The molecule has 0 saturated heterocycles. The van der Waals surface area contributed by atoms with Crippen LogP contribution in [0.1, 0.15) is 42.5 Å². The fourth-order valence-electron chi connectivity index (χ4n) is 1.62. The van der Waals surface area contributed by atoms with Crippen LogP contribution >= 0.6 is 0 Å². The fraction of sp³-hybridized carbons (Fsp3) is 0.500. The summed E-state index contributed by atoms with van der Waals surface area (Å²) in [6.07, 6.45) is 4.99. The largest absolute Gasteiger partial charge is 0.366 e. The molecule has 0 atom stereocenters. The van der Waals surface area contributed by atoms with E-state index >= 15 is 0 Å². The minimum atomic E-state index is -0.150. The molecule has 0 aromatic carbocycles. The second-order valence-electron chi connectivity index (χ2n) is 4.32. The molecule has 1 heterocycles. The van der Waals surface area contributed by atoms with Gasteiger partial charge in [-0.05, 0) is 13.3 Å². The second-order valence-corrected chi connectivity index (χ2v) is 4.32. The third-order valence-electron chi connectivity index (χ3n) is 2.56. The van der Waals surface area contributed by atoms with Crippen LogP contribution in [0.4, 0.5) is 5.82 Å². The number of anilines is 1. The van der Waals surface area contributed by atoms with Crippen molar-refractivity contribution in [3.8, 4) is 0 Å². The smallest absolute Gasteiger partial charge is 0.270 e. The molecule has 5 heteroatoms. The summed E-state index contributed by atoms with van der Waals surface area (Å²) in [5, 5.41) is 5.92. The van der Waals surface area contributed by atoms with Crippen LogP contribution in [0.2, 0.25) is 0 Å². The van der Waals surface area contributed by atoms with Crippen LogP contribution in [0, 0.1) is 6.92 Å². The van der Waals surface area contributed by atoms with E-state index in [9.17, 15) is 4.79 Å². The first-order valence-electron chi connectivity index (χ1n) is 6.66. The zero-order chi connectivity index (χ0) is 14.1. The summed E-state index contributed by atoms with van der Waals surface area (Å²) in [5.41, 5.74) is 0.399. The SMILES string of the molecule is C=CCNc1cc(C(=O)NCCCCC)nc(C)n1. The quantitative estimate of drug-likeness (QED) is 0.557. The van der Waals surface area contributed by atoms with Gasteiger partial charge in [0.2, 0.25) is 0 Å². The summed E-state index contributed by atoms with van der Waals surface area (Å²) in [6.45, 7) is 8.82. The average molecular weight is 262 g/mol. The summed E-state index contributed by atoms with van der Waals surface area (Å²) in [7, 11) is 0. The van der Waals surface area contributed by atoms with E-state index in [0.717, 1.165) is 19.3 Å². The van der Waals surface area contributed by atoms with Crippen LogP contribution in [0.15, 0.2) is 18.7 Å². The lowest BCUT2D eigenvalue weighted by molar-refractivity contribution is 0.0947. The molecule has 104 valence electrons. The minimum absolute atomic E-state index is 0.150. The number of carbonyl (C=O) groups excluding carboxylic acids is 1. The van der Waals surface area contributed by atoms with E-state index in [4.69, 9.17) is 0 Å². The molecule has 0 radical (unpaired) electrons. The third kappa shape index (κ3) is 5.50. The van der Waals surface area contributed by atoms with Crippen molar-refractivity contribution in [2.24, 2.45) is 0 Å². The van der Waals surface area contributed by atoms with Gasteiger partial charge >= 0.3 is 0 Å². The summed E-state index contributed by atoms with van der Waals surface area (Å²) < 4.78 is 0. The predicted octanol–water partition coefficient (Wildman–Crippen LogP) is 2.30. The van der Waals surface area contributed by atoms with Crippen molar-refractivity contribution < 1.29 is 4.79 Å². The van der Waals surface area contributed by atoms with Crippen molar-refractivity contribution in [1.29, 1.82) is 0 Å². The molecule has 0 fully saturated rings. The number of carbonyl (C=O) groups is 1. The molecule has 1 rings (SSSR count). The Bertz CT molecular complexity index is 431. The molecule has 19 heavy (non-hydrogen) atoms. The van der Waals surface area contributed by atoms with Crippen molar-refractivity contribution in [3.05, 3.63) is 30.2 Å². The first kappa shape index (κ1) is 15.1. The highest BCUT2D eigenvalue weighted by Crippen LogP contribution is 2.06. The molecule has 2 N–H and O–H groups in total. The number of hydrogen-bond donors (Lipinski definition) is 2. The number of aryl methyl sites for hydroxylation is 1. The second kappa shape index (κ2) is 8.24. The molecule has 0 aliphatic heterocycles. The van der Waals surface area contributed by atoms with Gasteiger partial charge < -0.3 is 10.6 Å². The van der Waals surface area contributed by atoms with Gasteiger partial charge in [0.05, 0.1) is 0 Å². The van der Waals surface area contributed by atoms with E-state index in [1.807, 2.05) is 0 Å². The molecule has 0 spiro atoms. The van der Waals surface area contributed by atoms with Crippen LogP contribution in [0.3, 0.4) is 0 Å². The normalized spacial score (nSPS) is 10.0. The Morgan fingerprint density at radius 1 is 1.42 bits per heavy atom. The number of amides is 1. The molecular formula is C14H22N4O. The van der Waals surface area contributed by atoms with E-state index in [2.05, 4.69) is 34.1 Å². The Morgan fingerprint density at radius 2 is 2.21 bits per heavy atom. The fourth-order valence-corrected chi connectivity index (χ4v) is 1.62. The van der Waals surface area contributed by atoms with Gasteiger partial charge in [-0.1, -0.05) is 25.8 Å². The standard InChI is InChI=1S/C14H22N4O/c1-4-6-7-9-16-14(19)12-10-13(15-8-5-2)18-11(3)17-12/h5,10H,2,4,6-9H2,1,3H3,(H,16,19)(H,15,17,18). The summed E-state index contributed by atoms with van der Waals surface area (Å²) >= 11 is 0. The number of aromatic nitrogens is 2. The van der Waals surface area contributed by atoms with Crippen LogP contribution in [0.5, 0.6) is 0 Å². The Labute approximate surface area is 114 Å². The van der Waals surface area contributed by atoms with Crippen LogP contribution in [0.25, 0.3) is 0 Å². The maximum Gasteiger partial charge on any atom is 0.270 e. The van der Waals surface area contributed by atoms with Gasteiger partial charge in [0.1, 0.15) is 17.3 Å². The van der Waals surface area contributed by atoms with E-state index in [-0.39, 0.29) is 5.91 Å². The minimum Gasteiger partial charge on any atom is -0.366 e. The van der Waals surface area contributed by atoms with Gasteiger partial charge in [0.25, 0.3) is 5.91 Å². The Morgan fingerprint density at radius 3 is 2.89 bits per heavy atom. The Kier molecular flexibility index (Phi) is 6.57. The van der Waals surface area contributed by atoms with Crippen LogP contribution in [-0.4, -0.2) is 29.0 Å². The lowest BCUT2D eigenvalue weighted by Crippen LogP contribution is -2.26. The lowest BCUT2D eigenvalue weighted by Gasteiger charge is -2.07. The summed E-state index contributed by atoms with van der Waals surface area (Å²) in [5.74, 6) is 1.07. The molecule has 1 amide bonds. The Hall–Kier alpha value is -1.91. The summed E-state index contributed by atoms with van der Waals surface area (Å²) in [6, 6.07) is 1.66. The molecule has 0 unspecified atom stereocenters. The molecule has 0 aliphatic rings. The highest BCUT2D eigenvalue weighted by atomic mass is 16.1. The monoisotopic (exact) mass is 262 g/mol. The third-order valence-corrected chi connectivity index (χ3v) is 2.56. The molecule has 1 aromatic rings. The molecular weight excluding hydrogens is 240 g/mol. The van der Waals surface area contributed by atoms with Gasteiger partial charge in [-0.25, -0.2) is 9.97 Å². The lowest BCUT2D eigenvalue weighted by atomic mass is 10.2. The summed E-state index contributed by atoms with van der Waals surface area (Å²) in [4.78, 5) is 20.3. The van der Waals surface area contributed by atoms with Crippen molar-refractivity contribution >= 4 is 11.7 Å². The highest BCUT2D eigenvalue weighted by Gasteiger charge is 2.09. The first-order chi connectivity index (χ1) is 9.17. The average Bonchev–Trinajstić information content (AvgIpc) is 2.40.